The molecule has 4 rings (SSSR count). The van der Waals surface area contributed by atoms with Gasteiger partial charge in [0.2, 0.25) is 5.13 Å². The zero-order valence-electron chi connectivity index (χ0n) is 18.1. The van der Waals surface area contributed by atoms with Crippen molar-refractivity contribution < 1.29 is 4.79 Å². The van der Waals surface area contributed by atoms with E-state index in [1.807, 2.05) is 23.3 Å². The van der Waals surface area contributed by atoms with Crippen LogP contribution in [0.5, 0.6) is 0 Å². The van der Waals surface area contributed by atoms with E-state index in [9.17, 15) is 10.1 Å². The highest BCUT2D eigenvalue weighted by atomic mass is 32.2. The monoisotopic (exact) mass is 471 g/mol. The third kappa shape index (κ3) is 3.93. The van der Waals surface area contributed by atoms with Crippen molar-refractivity contribution in [3.8, 4) is 6.07 Å². The van der Waals surface area contributed by atoms with Gasteiger partial charge in [0.15, 0.2) is 10.1 Å². The van der Waals surface area contributed by atoms with E-state index >= 15 is 0 Å². The molecule has 1 aliphatic heterocycles. The van der Waals surface area contributed by atoms with Crippen LogP contribution < -0.4 is 10.6 Å². The molecule has 2 aliphatic rings. The summed E-state index contributed by atoms with van der Waals surface area (Å²) in [4.78, 5) is 16.3. The van der Waals surface area contributed by atoms with Crippen LogP contribution in [0.3, 0.4) is 0 Å². The van der Waals surface area contributed by atoms with Gasteiger partial charge in [-0.2, -0.15) is 5.26 Å². The lowest BCUT2D eigenvalue weighted by Crippen LogP contribution is -2.42. The highest BCUT2D eigenvalue weighted by molar-refractivity contribution is 8.01. The largest absolute Gasteiger partial charge is 0.384 e. The lowest BCUT2D eigenvalue weighted by Gasteiger charge is -2.42. The summed E-state index contributed by atoms with van der Waals surface area (Å²) < 4.78 is 0.864. The molecule has 0 aromatic carbocycles. The van der Waals surface area contributed by atoms with Gasteiger partial charge in [0.05, 0.1) is 17.6 Å². The van der Waals surface area contributed by atoms with Crippen molar-refractivity contribution in [2.45, 2.75) is 57.2 Å². The summed E-state index contributed by atoms with van der Waals surface area (Å²) in [5, 5.41) is 21.4. The highest BCUT2D eigenvalue weighted by Gasteiger charge is 2.46. The van der Waals surface area contributed by atoms with E-state index in [2.05, 4.69) is 37.0 Å². The Balaban J connectivity index is 1.91. The molecule has 0 fully saturated rings. The quantitative estimate of drug-likeness (QED) is 0.587. The zero-order valence-corrected chi connectivity index (χ0v) is 20.5. The number of aryl methyl sites for hydroxylation is 1. The van der Waals surface area contributed by atoms with Gasteiger partial charge in [-0.15, -0.1) is 21.5 Å². The molecule has 31 heavy (non-hydrogen) atoms. The summed E-state index contributed by atoms with van der Waals surface area (Å²) in [5.41, 5.74) is 9.47. The van der Waals surface area contributed by atoms with Gasteiger partial charge in [-0.25, -0.2) is 0 Å². The van der Waals surface area contributed by atoms with Crippen LogP contribution in [0.1, 0.15) is 56.4 Å². The van der Waals surface area contributed by atoms with Crippen LogP contribution in [0.2, 0.25) is 0 Å². The van der Waals surface area contributed by atoms with Crippen LogP contribution in [0.25, 0.3) is 0 Å². The minimum Gasteiger partial charge on any atom is -0.384 e. The van der Waals surface area contributed by atoms with Crippen LogP contribution in [0, 0.1) is 23.7 Å². The Morgan fingerprint density at radius 1 is 1.39 bits per heavy atom. The summed E-state index contributed by atoms with van der Waals surface area (Å²) in [6.07, 6.45) is 2.18. The Morgan fingerprint density at radius 2 is 2.16 bits per heavy atom. The number of hydrogen-bond acceptors (Lipinski definition) is 9. The van der Waals surface area contributed by atoms with E-state index < -0.39 is 5.92 Å². The highest BCUT2D eigenvalue weighted by Crippen LogP contribution is 2.51. The van der Waals surface area contributed by atoms with E-state index in [1.54, 1.807) is 23.1 Å². The summed E-state index contributed by atoms with van der Waals surface area (Å²) in [6, 6.07) is 4.34. The van der Waals surface area contributed by atoms with Gasteiger partial charge >= 0.3 is 0 Å². The Morgan fingerprint density at radius 3 is 2.81 bits per heavy atom. The lowest BCUT2D eigenvalue weighted by molar-refractivity contribution is -0.118. The molecule has 0 saturated heterocycles. The lowest BCUT2D eigenvalue weighted by atomic mass is 9.69. The fourth-order valence-corrected chi connectivity index (χ4v) is 7.06. The van der Waals surface area contributed by atoms with Gasteiger partial charge in [0.25, 0.3) is 0 Å². The number of nitriles is 1. The van der Waals surface area contributed by atoms with E-state index in [1.165, 1.54) is 11.3 Å². The number of thiophene rings is 1. The first-order chi connectivity index (χ1) is 14.8. The molecule has 0 radical (unpaired) electrons. The predicted molar refractivity (Wildman–Crippen MR) is 127 cm³/mol. The number of rotatable bonds is 5. The van der Waals surface area contributed by atoms with Crippen LogP contribution >= 0.6 is 34.4 Å². The van der Waals surface area contributed by atoms with Crippen LogP contribution in [0.15, 0.2) is 38.5 Å². The molecule has 6 nitrogen and oxygen atoms in total. The number of ketones is 1. The first kappa shape index (κ1) is 22.1. The number of carbonyl (C=O) groups excluding carboxylic acids is 1. The maximum Gasteiger partial charge on any atom is 0.219 e. The number of carbonyl (C=O) groups is 1. The molecule has 3 heterocycles. The second-order valence-electron chi connectivity index (χ2n) is 8.65. The smallest absolute Gasteiger partial charge is 0.219 e. The van der Waals surface area contributed by atoms with Crippen molar-refractivity contribution in [2.75, 3.05) is 10.7 Å². The second kappa shape index (κ2) is 8.41. The Labute approximate surface area is 194 Å². The minimum absolute atomic E-state index is 0.0828. The van der Waals surface area contributed by atoms with Gasteiger partial charge < -0.3 is 5.73 Å². The summed E-state index contributed by atoms with van der Waals surface area (Å²) in [5.74, 6) is 0.983. The van der Waals surface area contributed by atoms with Crippen molar-refractivity contribution in [2.24, 2.45) is 11.1 Å². The average molecular weight is 472 g/mol. The van der Waals surface area contributed by atoms with Gasteiger partial charge in [-0.05, 0) is 42.2 Å². The van der Waals surface area contributed by atoms with Crippen molar-refractivity contribution >= 4 is 45.4 Å². The molecule has 1 unspecified atom stereocenters. The molecule has 2 aromatic heterocycles. The van der Waals surface area contributed by atoms with Crippen molar-refractivity contribution in [1.82, 2.24) is 10.2 Å². The van der Waals surface area contributed by atoms with Crippen molar-refractivity contribution in [3.63, 3.8) is 0 Å². The maximum atomic E-state index is 13.5. The summed E-state index contributed by atoms with van der Waals surface area (Å²) in [7, 11) is 0. The zero-order chi connectivity index (χ0) is 22.3. The predicted octanol–water partition coefficient (Wildman–Crippen LogP) is 5.35. The first-order valence-electron chi connectivity index (χ1n) is 10.2. The van der Waals surface area contributed by atoms with Crippen molar-refractivity contribution in [1.29, 1.82) is 5.26 Å². The molecule has 1 atom stereocenters. The van der Waals surface area contributed by atoms with Gasteiger partial charge in [-0.1, -0.05) is 43.9 Å². The molecule has 0 bridgehead atoms. The first-order valence-corrected chi connectivity index (χ1v) is 12.9. The number of allylic oxidation sites excluding steroid dienone is 3. The number of hydrogen-bond donors (Lipinski definition) is 1. The Kier molecular flexibility index (Phi) is 5.99. The molecule has 0 amide bonds. The van der Waals surface area contributed by atoms with Gasteiger partial charge in [0.1, 0.15) is 5.82 Å². The Hall–Kier alpha value is -2.15. The van der Waals surface area contributed by atoms with E-state index in [0.717, 1.165) is 32.7 Å². The topological polar surface area (TPSA) is 95.9 Å². The standard InChI is InChI=1S/C22H25N5OS3/c1-5-7-30-21-26-25-20(31-21)27-14-9-22(3,4)10-15(28)17(14)16(13(11-23)19(27)24)18-12(2)6-8-29-18/h6,8,16H,5,7,9-10,24H2,1-4H3. The number of nitrogens with two attached hydrogens (primary N) is 1. The van der Waals surface area contributed by atoms with Gasteiger partial charge in [-0.3, -0.25) is 9.69 Å². The molecule has 2 N–H and O–H groups in total. The Bertz CT molecular complexity index is 1130. The van der Waals surface area contributed by atoms with Crippen LogP contribution in [-0.2, 0) is 4.79 Å². The van der Waals surface area contributed by atoms with E-state index in [4.69, 9.17) is 5.73 Å². The molecule has 1 aliphatic carbocycles. The molecule has 0 spiro atoms. The minimum atomic E-state index is -0.415. The molecular formula is C22H25N5OS3. The third-order valence-corrected chi connectivity index (χ3v) is 8.89. The molecular weight excluding hydrogens is 446 g/mol. The second-order valence-corrected chi connectivity index (χ2v) is 11.9. The van der Waals surface area contributed by atoms with Crippen molar-refractivity contribution in [3.05, 3.63) is 44.6 Å². The molecule has 2 aromatic rings. The SMILES string of the molecule is CCCSc1nnc(N2C(N)=C(C#N)C(c3sccc3C)C3=C2CC(C)(C)CC3=O)s1. The number of aromatic nitrogens is 2. The molecule has 0 saturated carbocycles. The maximum absolute atomic E-state index is 13.5. The van der Waals surface area contributed by atoms with Crippen LogP contribution in [0.4, 0.5) is 5.13 Å². The normalized spacial score (nSPS) is 20.8. The number of thioether (sulfide) groups is 1. The molecule has 9 heteroatoms. The van der Waals surface area contributed by atoms with E-state index in [0.29, 0.717) is 34.9 Å². The number of nitrogens with zero attached hydrogens (tertiary/aromatic N) is 4. The fourth-order valence-electron chi connectivity index (χ4n) is 4.21. The fraction of sp³-hybridized carbons (Fsp3) is 0.455. The number of Topliss-reactive ketones (excluding diaryl/α,β-unsaturated/α-hetero) is 1. The third-order valence-electron chi connectivity index (χ3n) is 5.56. The molecule has 162 valence electrons. The van der Waals surface area contributed by atoms with Crippen LogP contribution in [-0.4, -0.2) is 21.7 Å². The van der Waals surface area contributed by atoms with Gasteiger partial charge in [0, 0.05) is 28.3 Å². The summed E-state index contributed by atoms with van der Waals surface area (Å²) in [6.45, 7) is 8.34. The van der Waals surface area contributed by atoms with E-state index in [-0.39, 0.29) is 11.2 Å². The summed E-state index contributed by atoms with van der Waals surface area (Å²) >= 11 is 4.68. The number of anilines is 1. The average Bonchev–Trinajstić information content (AvgIpc) is 3.33.